The van der Waals surface area contributed by atoms with Crippen LogP contribution in [0.3, 0.4) is 0 Å². The van der Waals surface area contributed by atoms with Crippen molar-refractivity contribution in [2.45, 2.75) is 60.0 Å². The molecule has 0 bridgehead atoms. The van der Waals surface area contributed by atoms with Gasteiger partial charge in [-0.05, 0) is 38.7 Å². The fourth-order valence-electron chi connectivity index (χ4n) is 2.50. The number of hydrogen-bond acceptors (Lipinski definition) is 3. The average molecular weight is 295 g/mol. The topological polar surface area (TPSA) is 56.1 Å². The van der Waals surface area contributed by atoms with Crippen LogP contribution in [-0.4, -0.2) is 35.4 Å². The zero-order chi connectivity index (χ0) is 16.0. The van der Waals surface area contributed by atoms with Crippen LogP contribution in [0, 0.1) is 19.8 Å². The van der Waals surface area contributed by atoms with Gasteiger partial charge in [0.05, 0.1) is 12.3 Å². The second-order valence-electron chi connectivity index (χ2n) is 6.15. The molecule has 0 saturated heterocycles. The summed E-state index contributed by atoms with van der Waals surface area (Å²) in [6.07, 6.45) is 1.23. The lowest BCUT2D eigenvalue weighted by Crippen LogP contribution is -2.35. The van der Waals surface area contributed by atoms with Gasteiger partial charge in [-0.3, -0.25) is 9.48 Å². The van der Waals surface area contributed by atoms with Gasteiger partial charge in [0, 0.05) is 31.8 Å². The second kappa shape index (κ2) is 8.17. The van der Waals surface area contributed by atoms with Crippen LogP contribution in [0.25, 0.3) is 0 Å². The van der Waals surface area contributed by atoms with Crippen LogP contribution in [0.4, 0.5) is 0 Å². The van der Waals surface area contributed by atoms with Gasteiger partial charge in [0.1, 0.15) is 0 Å². The Hall–Kier alpha value is -1.36. The molecule has 0 spiro atoms. The van der Waals surface area contributed by atoms with E-state index < -0.39 is 0 Å². The molecule has 1 heterocycles. The third-order valence-corrected chi connectivity index (χ3v) is 3.50. The molecule has 120 valence electrons. The number of hydrogen-bond donors (Lipinski definition) is 1. The summed E-state index contributed by atoms with van der Waals surface area (Å²) in [5.41, 5.74) is 3.41. The lowest BCUT2D eigenvalue weighted by Gasteiger charge is -2.12. The van der Waals surface area contributed by atoms with Crippen molar-refractivity contribution in [2.24, 2.45) is 5.92 Å². The van der Waals surface area contributed by atoms with E-state index >= 15 is 0 Å². The SMILES string of the molecule is COC[C@@H](C)NC(=O)CCc1c(C)nn(CC(C)C)c1C. The zero-order valence-corrected chi connectivity index (χ0v) is 14.2. The van der Waals surface area contributed by atoms with Crippen molar-refractivity contribution < 1.29 is 9.53 Å². The van der Waals surface area contributed by atoms with Crippen LogP contribution >= 0.6 is 0 Å². The van der Waals surface area contributed by atoms with Gasteiger partial charge in [0.2, 0.25) is 5.91 Å². The number of methoxy groups -OCH3 is 1. The van der Waals surface area contributed by atoms with Gasteiger partial charge in [-0.2, -0.15) is 5.10 Å². The van der Waals surface area contributed by atoms with Crippen molar-refractivity contribution in [3.63, 3.8) is 0 Å². The monoisotopic (exact) mass is 295 g/mol. The summed E-state index contributed by atoms with van der Waals surface area (Å²) in [5, 5.41) is 7.52. The molecule has 0 aliphatic rings. The molecule has 0 aromatic carbocycles. The molecule has 1 N–H and O–H groups in total. The highest BCUT2D eigenvalue weighted by molar-refractivity contribution is 5.76. The van der Waals surface area contributed by atoms with Crippen LogP contribution in [0.1, 0.15) is 44.1 Å². The molecule has 0 radical (unpaired) electrons. The molecule has 0 aliphatic heterocycles. The van der Waals surface area contributed by atoms with Gasteiger partial charge in [0.15, 0.2) is 0 Å². The van der Waals surface area contributed by atoms with Gasteiger partial charge >= 0.3 is 0 Å². The van der Waals surface area contributed by atoms with Gasteiger partial charge in [0.25, 0.3) is 0 Å². The van der Waals surface area contributed by atoms with E-state index in [1.165, 1.54) is 11.3 Å². The third-order valence-electron chi connectivity index (χ3n) is 3.50. The predicted octanol–water partition coefficient (Wildman–Crippen LogP) is 2.24. The van der Waals surface area contributed by atoms with E-state index in [0.29, 0.717) is 18.9 Å². The number of nitrogens with zero attached hydrogens (tertiary/aromatic N) is 2. The van der Waals surface area contributed by atoms with Crippen molar-refractivity contribution >= 4 is 5.91 Å². The molecule has 21 heavy (non-hydrogen) atoms. The number of carbonyl (C=O) groups excluding carboxylic acids is 1. The van der Waals surface area contributed by atoms with Crippen molar-refractivity contribution in [1.82, 2.24) is 15.1 Å². The lowest BCUT2D eigenvalue weighted by atomic mass is 10.1. The van der Waals surface area contributed by atoms with E-state index in [4.69, 9.17) is 4.74 Å². The minimum atomic E-state index is 0.0494. The average Bonchev–Trinajstić information content (AvgIpc) is 2.61. The number of aryl methyl sites for hydroxylation is 1. The quantitative estimate of drug-likeness (QED) is 0.800. The molecule has 1 aromatic heterocycles. The van der Waals surface area contributed by atoms with E-state index in [1.54, 1.807) is 7.11 Å². The summed E-state index contributed by atoms with van der Waals surface area (Å²) in [5.74, 6) is 0.629. The summed E-state index contributed by atoms with van der Waals surface area (Å²) in [4.78, 5) is 11.9. The normalized spacial score (nSPS) is 12.7. The van der Waals surface area contributed by atoms with E-state index in [9.17, 15) is 4.79 Å². The first kappa shape index (κ1) is 17.7. The van der Waals surface area contributed by atoms with Crippen LogP contribution in [0.15, 0.2) is 0 Å². The minimum absolute atomic E-state index is 0.0494. The Kier molecular flexibility index (Phi) is 6.89. The van der Waals surface area contributed by atoms with Crippen LogP contribution in [-0.2, 0) is 22.5 Å². The number of rotatable bonds is 8. The van der Waals surface area contributed by atoms with Crippen molar-refractivity contribution in [1.29, 1.82) is 0 Å². The maximum Gasteiger partial charge on any atom is 0.220 e. The summed E-state index contributed by atoms with van der Waals surface area (Å²) in [6, 6.07) is 0.0494. The Balaban J connectivity index is 2.59. The van der Waals surface area contributed by atoms with E-state index in [1.807, 2.05) is 13.8 Å². The van der Waals surface area contributed by atoms with Crippen LogP contribution in [0.5, 0.6) is 0 Å². The van der Waals surface area contributed by atoms with E-state index in [0.717, 1.165) is 18.7 Å². The highest BCUT2D eigenvalue weighted by Crippen LogP contribution is 2.16. The van der Waals surface area contributed by atoms with E-state index in [-0.39, 0.29) is 11.9 Å². The Bertz CT molecular complexity index is 466. The fraction of sp³-hybridized carbons (Fsp3) is 0.750. The number of aromatic nitrogens is 2. The number of carbonyl (C=O) groups is 1. The number of amides is 1. The largest absolute Gasteiger partial charge is 0.383 e. The molecule has 0 fully saturated rings. The Morgan fingerprint density at radius 1 is 1.33 bits per heavy atom. The van der Waals surface area contributed by atoms with Gasteiger partial charge in [-0.15, -0.1) is 0 Å². The molecule has 1 amide bonds. The molecule has 0 unspecified atom stereocenters. The maximum absolute atomic E-state index is 11.9. The smallest absolute Gasteiger partial charge is 0.220 e. The third kappa shape index (κ3) is 5.50. The molecule has 1 atom stereocenters. The first-order chi connectivity index (χ1) is 9.85. The van der Waals surface area contributed by atoms with Crippen molar-refractivity contribution in [2.75, 3.05) is 13.7 Å². The molecule has 5 nitrogen and oxygen atoms in total. The minimum Gasteiger partial charge on any atom is -0.383 e. The first-order valence-electron chi connectivity index (χ1n) is 7.66. The van der Waals surface area contributed by atoms with Gasteiger partial charge in [-0.1, -0.05) is 13.8 Å². The molecule has 0 saturated carbocycles. The molecule has 1 aromatic rings. The fourth-order valence-corrected chi connectivity index (χ4v) is 2.50. The molecule has 5 heteroatoms. The van der Waals surface area contributed by atoms with E-state index in [2.05, 4.69) is 35.9 Å². The predicted molar refractivity (Wildman–Crippen MR) is 84.3 cm³/mol. The summed E-state index contributed by atoms with van der Waals surface area (Å²) in [7, 11) is 1.64. The maximum atomic E-state index is 11.9. The summed E-state index contributed by atoms with van der Waals surface area (Å²) in [6.45, 7) is 11.9. The van der Waals surface area contributed by atoms with Crippen LogP contribution in [0.2, 0.25) is 0 Å². The molecule has 0 aliphatic carbocycles. The van der Waals surface area contributed by atoms with Gasteiger partial charge in [-0.25, -0.2) is 0 Å². The second-order valence-corrected chi connectivity index (χ2v) is 6.15. The standard InChI is InChI=1S/C16H29N3O2/c1-11(2)9-19-14(5)15(13(4)18-19)7-8-16(20)17-12(3)10-21-6/h11-12H,7-10H2,1-6H3,(H,17,20)/t12-/m1/s1. The van der Waals surface area contributed by atoms with Crippen LogP contribution < -0.4 is 5.32 Å². The van der Waals surface area contributed by atoms with Crippen molar-refractivity contribution in [3.05, 3.63) is 17.0 Å². The zero-order valence-electron chi connectivity index (χ0n) is 14.2. The molecular formula is C16H29N3O2. The number of ether oxygens (including phenoxy) is 1. The first-order valence-corrected chi connectivity index (χ1v) is 7.66. The van der Waals surface area contributed by atoms with Crippen molar-refractivity contribution in [3.8, 4) is 0 Å². The molecule has 1 rings (SSSR count). The Morgan fingerprint density at radius 3 is 2.57 bits per heavy atom. The molecular weight excluding hydrogens is 266 g/mol. The summed E-state index contributed by atoms with van der Waals surface area (Å²) >= 11 is 0. The van der Waals surface area contributed by atoms with Gasteiger partial charge < -0.3 is 10.1 Å². The number of nitrogens with one attached hydrogen (secondary N) is 1. The highest BCUT2D eigenvalue weighted by atomic mass is 16.5. The highest BCUT2D eigenvalue weighted by Gasteiger charge is 2.14. The Morgan fingerprint density at radius 2 is 2.00 bits per heavy atom. The Labute approximate surface area is 128 Å². The lowest BCUT2D eigenvalue weighted by molar-refractivity contribution is -0.122. The summed E-state index contributed by atoms with van der Waals surface area (Å²) < 4.78 is 7.07.